The number of nitrogens with zero attached hydrogens (tertiary/aromatic N) is 3. The minimum atomic E-state index is -0.389. The summed E-state index contributed by atoms with van der Waals surface area (Å²) < 4.78 is 15.4. The number of carbonyl (C=O) groups excluding carboxylic acids is 1. The molecular weight excluding hydrogens is 333 g/mol. The van der Waals surface area contributed by atoms with Gasteiger partial charge in [-0.25, -0.2) is 9.07 Å². The fourth-order valence-corrected chi connectivity index (χ4v) is 3.01. The molecule has 6 heteroatoms. The van der Waals surface area contributed by atoms with Crippen molar-refractivity contribution in [2.75, 3.05) is 13.1 Å². The van der Waals surface area contributed by atoms with Crippen LogP contribution in [0.5, 0.6) is 5.75 Å². The fourth-order valence-electron chi connectivity index (χ4n) is 3.01. The van der Waals surface area contributed by atoms with E-state index in [-0.39, 0.29) is 29.7 Å². The van der Waals surface area contributed by atoms with E-state index < -0.39 is 0 Å². The Morgan fingerprint density at radius 2 is 1.81 bits per heavy atom. The highest BCUT2D eigenvalue weighted by molar-refractivity contribution is 5.96. The molecule has 1 aliphatic heterocycles. The van der Waals surface area contributed by atoms with Crippen LogP contribution in [0.1, 0.15) is 16.1 Å². The number of hydrogen-bond donors (Lipinski definition) is 1. The van der Waals surface area contributed by atoms with E-state index >= 15 is 0 Å². The third kappa shape index (κ3) is 2.86. The number of para-hydroxylation sites is 1. The van der Waals surface area contributed by atoms with Crippen molar-refractivity contribution in [1.82, 2.24) is 14.7 Å². The Bertz CT molecular complexity index is 995. The van der Waals surface area contributed by atoms with Crippen molar-refractivity contribution in [3.63, 3.8) is 0 Å². The summed E-state index contributed by atoms with van der Waals surface area (Å²) >= 11 is 0. The summed E-state index contributed by atoms with van der Waals surface area (Å²) in [6.07, 6.45) is 3.23. The lowest BCUT2D eigenvalue weighted by Crippen LogP contribution is -2.29. The molecule has 2 aromatic carbocycles. The first-order chi connectivity index (χ1) is 12.6. The number of amides is 1. The summed E-state index contributed by atoms with van der Waals surface area (Å²) in [6.45, 7) is 0.623. The van der Waals surface area contributed by atoms with Crippen LogP contribution in [-0.2, 0) is 0 Å². The Hall–Kier alpha value is -3.41. The van der Waals surface area contributed by atoms with Gasteiger partial charge >= 0.3 is 0 Å². The molecule has 26 heavy (non-hydrogen) atoms. The molecule has 0 atom stereocenters. The van der Waals surface area contributed by atoms with E-state index in [0.29, 0.717) is 12.1 Å². The average Bonchev–Trinajstić information content (AvgIpc) is 3.29. The normalized spacial score (nSPS) is 13.7. The van der Waals surface area contributed by atoms with Gasteiger partial charge in [0.15, 0.2) is 11.4 Å². The molecule has 1 aromatic heterocycles. The molecule has 0 bridgehead atoms. The van der Waals surface area contributed by atoms with Crippen LogP contribution >= 0.6 is 0 Å². The van der Waals surface area contributed by atoms with E-state index in [2.05, 4.69) is 5.10 Å². The lowest BCUT2D eigenvalue weighted by Gasteiger charge is -2.15. The van der Waals surface area contributed by atoms with E-state index in [4.69, 9.17) is 0 Å². The largest absolute Gasteiger partial charge is 0.504 e. The predicted octanol–water partition coefficient (Wildman–Crippen LogP) is 3.26. The zero-order valence-corrected chi connectivity index (χ0v) is 13.8. The molecule has 0 fully saturated rings. The van der Waals surface area contributed by atoms with Crippen molar-refractivity contribution in [2.45, 2.75) is 0 Å². The van der Waals surface area contributed by atoms with Gasteiger partial charge in [0.25, 0.3) is 5.91 Å². The Morgan fingerprint density at radius 1 is 1.08 bits per heavy atom. The van der Waals surface area contributed by atoms with Gasteiger partial charge in [-0.1, -0.05) is 42.5 Å². The van der Waals surface area contributed by atoms with Gasteiger partial charge < -0.3 is 10.0 Å². The van der Waals surface area contributed by atoms with E-state index in [1.807, 2.05) is 36.4 Å². The Morgan fingerprint density at radius 3 is 2.58 bits per heavy atom. The molecule has 3 aromatic rings. The van der Waals surface area contributed by atoms with Crippen molar-refractivity contribution in [2.24, 2.45) is 0 Å². The van der Waals surface area contributed by atoms with Crippen molar-refractivity contribution in [3.05, 3.63) is 83.9 Å². The van der Waals surface area contributed by atoms with Crippen LogP contribution in [0.3, 0.4) is 0 Å². The maximum Gasteiger partial charge on any atom is 0.278 e. The summed E-state index contributed by atoms with van der Waals surface area (Å²) in [4.78, 5) is 14.3. The smallest absolute Gasteiger partial charge is 0.278 e. The van der Waals surface area contributed by atoms with Crippen molar-refractivity contribution in [1.29, 1.82) is 0 Å². The van der Waals surface area contributed by atoms with Crippen LogP contribution in [0.25, 0.3) is 11.3 Å². The molecule has 0 saturated heterocycles. The van der Waals surface area contributed by atoms with Gasteiger partial charge in [-0.05, 0) is 23.8 Å². The predicted molar refractivity (Wildman–Crippen MR) is 95.5 cm³/mol. The molecule has 5 nitrogen and oxygen atoms in total. The maximum atomic E-state index is 13.9. The van der Waals surface area contributed by atoms with Gasteiger partial charge in [-0.3, -0.25) is 4.79 Å². The fraction of sp³-hybridized carbons (Fsp3) is 0.100. The molecule has 1 aliphatic rings. The molecule has 1 N–H and O–H groups in total. The second-order valence-corrected chi connectivity index (χ2v) is 6.04. The third-order valence-corrected chi connectivity index (χ3v) is 4.34. The standard InChI is InChI=1S/C20H16FN3O2/c21-17-9-5-4-8-16(17)14-10-11-23(12-14)20(26)19-18(25)13-24(22-19)15-6-2-1-3-7-15/h1-10,13,25H,11-12H2. The molecule has 4 rings (SSSR count). The topological polar surface area (TPSA) is 58.4 Å². The second kappa shape index (κ2) is 6.48. The van der Waals surface area contributed by atoms with Gasteiger partial charge in [-0.2, -0.15) is 5.10 Å². The number of carbonyl (C=O) groups is 1. The zero-order valence-electron chi connectivity index (χ0n) is 13.8. The number of benzene rings is 2. The van der Waals surface area contributed by atoms with Crippen molar-refractivity contribution in [3.8, 4) is 11.4 Å². The molecule has 130 valence electrons. The Balaban J connectivity index is 1.55. The van der Waals surface area contributed by atoms with Gasteiger partial charge in [0.1, 0.15) is 5.82 Å². The van der Waals surface area contributed by atoms with Gasteiger partial charge in [-0.15, -0.1) is 0 Å². The summed E-state index contributed by atoms with van der Waals surface area (Å²) in [5.41, 5.74) is 1.96. The SMILES string of the molecule is O=C(c1nn(-c2ccccc2)cc1O)N1CC=C(c2ccccc2F)C1. The number of hydrogen-bond acceptors (Lipinski definition) is 3. The van der Waals surface area contributed by atoms with E-state index in [0.717, 1.165) is 11.3 Å². The van der Waals surface area contributed by atoms with Crippen LogP contribution < -0.4 is 0 Å². The van der Waals surface area contributed by atoms with E-state index in [1.54, 1.807) is 18.2 Å². The van der Waals surface area contributed by atoms with Crippen LogP contribution in [0.2, 0.25) is 0 Å². The highest BCUT2D eigenvalue weighted by Crippen LogP contribution is 2.26. The minimum Gasteiger partial charge on any atom is -0.504 e. The number of rotatable bonds is 3. The summed E-state index contributed by atoms with van der Waals surface area (Å²) in [5, 5.41) is 14.4. The van der Waals surface area contributed by atoms with Crippen LogP contribution in [-0.4, -0.2) is 38.8 Å². The molecule has 0 spiro atoms. The quantitative estimate of drug-likeness (QED) is 0.790. The lowest BCUT2D eigenvalue weighted by atomic mass is 10.1. The van der Waals surface area contributed by atoms with E-state index in [1.165, 1.54) is 21.8 Å². The number of aromatic hydroxyl groups is 1. The van der Waals surface area contributed by atoms with E-state index in [9.17, 15) is 14.3 Å². The van der Waals surface area contributed by atoms with Crippen LogP contribution in [0, 0.1) is 5.82 Å². The van der Waals surface area contributed by atoms with Crippen LogP contribution in [0.4, 0.5) is 4.39 Å². The lowest BCUT2D eigenvalue weighted by molar-refractivity contribution is 0.0792. The van der Waals surface area contributed by atoms with Crippen LogP contribution in [0.15, 0.2) is 66.9 Å². The number of aromatic nitrogens is 2. The molecular formula is C20H16FN3O2. The highest BCUT2D eigenvalue weighted by atomic mass is 19.1. The first-order valence-electron chi connectivity index (χ1n) is 8.21. The first kappa shape index (κ1) is 16.1. The summed E-state index contributed by atoms with van der Waals surface area (Å²) in [6, 6.07) is 15.7. The second-order valence-electron chi connectivity index (χ2n) is 6.04. The Kier molecular flexibility index (Phi) is 4.01. The maximum absolute atomic E-state index is 13.9. The summed E-state index contributed by atoms with van der Waals surface area (Å²) in [7, 11) is 0. The summed E-state index contributed by atoms with van der Waals surface area (Å²) in [5.74, 6) is -0.887. The van der Waals surface area contributed by atoms with Crippen molar-refractivity contribution < 1.29 is 14.3 Å². The monoisotopic (exact) mass is 349 g/mol. The number of halogens is 1. The molecule has 1 amide bonds. The third-order valence-electron chi connectivity index (χ3n) is 4.34. The van der Waals surface area contributed by atoms with Crippen molar-refractivity contribution >= 4 is 11.5 Å². The van der Waals surface area contributed by atoms with Gasteiger partial charge in [0.2, 0.25) is 0 Å². The average molecular weight is 349 g/mol. The molecule has 0 saturated carbocycles. The molecule has 2 heterocycles. The molecule has 0 radical (unpaired) electrons. The van der Waals surface area contributed by atoms with Gasteiger partial charge in [0, 0.05) is 18.7 Å². The Labute approximate surface area is 149 Å². The zero-order chi connectivity index (χ0) is 18.1. The molecule has 0 unspecified atom stereocenters. The molecule has 0 aliphatic carbocycles. The first-order valence-corrected chi connectivity index (χ1v) is 8.21. The highest BCUT2D eigenvalue weighted by Gasteiger charge is 2.27. The minimum absolute atomic E-state index is 0.0166. The van der Waals surface area contributed by atoms with Gasteiger partial charge in [0.05, 0.1) is 11.9 Å².